The van der Waals surface area contributed by atoms with Crippen LogP contribution in [0, 0.1) is 46.3 Å². The molecule has 374 valence electrons. The minimum atomic E-state index is -0.960. The second kappa shape index (κ2) is 20.4. The predicted molar refractivity (Wildman–Crippen MR) is 272 cm³/mol. The molecule has 8 rings (SSSR count). The number of aliphatic hydroxyl groups excluding tert-OH is 1. The predicted octanol–water partition coefficient (Wildman–Crippen LogP) is 7.29. The molecule has 1 aromatic heterocycles. The Hall–Kier alpha value is -5.81. The Kier molecular flexibility index (Phi) is 14.8. The maximum Gasteiger partial charge on any atom is 0.254 e. The third kappa shape index (κ3) is 10.7. The molecule has 1 saturated carbocycles. The van der Waals surface area contributed by atoms with Crippen LogP contribution >= 0.6 is 22.9 Å². The number of nitrogens with one attached hydrogen (secondary N) is 2. The Labute approximate surface area is 426 Å². The van der Waals surface area contributed by atoms with Gasteiger partial charge in [-0.05, 0) is 66.3 Å². The Balaban J connectivity index is 0.775. The number of aromatic nitrogens is 1. The maximum atomic E-state index is 14.1. The zero-order valence-electron chi connectivity index (χ0n) is 42.0. The van der Waals surface area contributed by atoms with E-state index in [1.54, 1.807) is 29.5 Å². The van der Waals surface area contributed by atoms with Gasteiger partial charge in [0.2, 0.25) is 17.7 Å². The quantitative estimate of drug-likeness (QED) is 0.109. The molecule has 4 atom stereocenters. The van der Waals surface area contributed by atoms with Crippen LogP contribution in [0.3, 0.4) is 0 Å². The lowest BCUT2D eigenvalue weighted by molar-refractivity contribution is -0.199. The molecule has 4 aromatic rings. The molecular formula is C55H64ClN7O7S. The second-order valence-corrected chi connectivity index (χ2v) is 23.0. The summed E-state index contributed by atoms with van der Waals surface area (Å²) in [6.07, 6.45) is -0.495. The number of aryl methyl sites for hydroxylation is 1. The van der Waals surface area contributed by atoms with Crippen LogP contribution < -0.4 is 15.4 Å². The van der Waals surface area contributed by atoms with Gasteiger partial charge in [0, 0.05) is 79.6 Å². The van der Waals surface area contributed by atoms with Gasteiger partial charge in [0.15, 0.2) is 0 Å². The zero-order chi connectivity index (χ0) is 51.2. The number of carbonyl (C=O) groups excluding carboxylic acids is 4. The van der Waals surface area contributed by atoms with Crippen molar-refractivity contribution in [1.29, 1.82) is 5.26 Å². The van der Waals surface area contributed by atoms with E-state index >= 15 is 0 Å². The number of β-amino-alcohol motifs (C(OH)–C–C–N with tert-alkyl or cyclic N) is 1. The lowest BCUT2D eigenvalue weighted by Crippen LogP contribution is -2.74. The van der Waals surface area contributed by atoms with E-state index in [-0.39, 0.29) is 66.5 Å². The zero-order valence-corrected chi connectivity index (χ0v) is 43.5. The number of hydrogen-bond acceptors (Lipinski definition) is 11. The summed E-state index contributed by atoms with van der Waals surface area (Å²) in [7, 11) is 0. The fourth-order valence-electron chi connectivity index (χ4n) is 11.2. The number of halogens is 1. The molecule has 3 fully saturated rings. The first-order valence-corrected chi connectivity index (χ1v) is 25.5. The van der Waals surface area contributed by atoms with Crippen molar-refractivity contribution in [1.82, 2.24) is 30.3 Å². The number of thiazole rings is 1. The lowest BCUT2D eigenvalue weighted by Gasteiger charge is -2.65. The highest BCUT2D eigenvalue weighted by molar-refractivity contribution is 7.13. The van der Waals surface area contributed by atoms with Crippen molar-refractivity contribution in [3.8, 4) is 34.1 Å². The number of aliphatic hydroxyl groups is 1. The number of nitrogens with zero attached hydrogens (tertiary/aromatic N) is 5. The Morgan fingerprint density at radius 2 is 1.73 bits per heavy atom. The number of rotatable bonds is 14. The summed E-state index contributed by atoms with van der Waals surface area (Å²) in [5.74, 6) is 5.92. The molecule has 3 N–H and O–H groups in total. The average Bonchev–Trinajstić information content (AvgIpc) is 4.01. The van der Waals surface area contributed by atoms with E-state index in [0.717, 1.165) is 39.4 Å². The molecule has 1 unspecified atom stereocenters. The lowest BCUT2D eigenvalue weighted by atomic mass is 9.49. The number of nitriles is 1. The molecule has 3 aliphatic heterocycles. The standard InChI is InChI=1S/C55H64ClN7O7S/c1-32(35-14-16-36(17-15-35)46-33(2)58-31-71-46)59-48(66)44-23-39(64)27-62(44)50(68)47(53(3,4)5)60-45(65)30-69-41-28-61(29-41)21-11-10-12-34-13-20-42-38(22-34)26-63(49(42)67)51-54(6,7)52(55(51,8)9)70-40-19-18-37(25-57)43(56)24-40/h13-20,22,24,31-32,39,41,44,47,51-52,64H,11,21,23,26-30H2,1-9H3,(H,59,66)(H,60,65)/t32-,39+,44-,47?,51?,52?/m0/s1. The number of amides is 4. The molecule has 0 bridgehead atoms. The second-order valence-electron chi connectivity index (χ2n) is 21.7. The van der Waals surface area contributed by atoms with Crippen molar-refractivity contribution in [3.05, 3.63) is 105 Å². The molecule has 71 heavy (non-hydrogen) atoms. The first kappa shape index (κ1) is 51.5. The van der Waals surface area contributed by atoms with Crippen LogP contribution in [-0.2, 0) is 25.7 Å². The van der Waals surface area contributed by atoms with Crippen molar-refractivity contribution in [3.63, 3.8) is 0 Å². The largest absolute Gasteiger partial charge is 0.489 e. The number of fused-ring (bicyclic) bond motifs is 1. The Morgan fingerprint density at radius 1 is 1.01 bits per heavy atom. The number of benzene rings is 3. The van der Waals surface area contributed by atoms with Crippen LogP contribution in [0.15, 0.2) is 66.2 Å². The molecular weight excluding hydrogens is 938 g/mol. The van der Waals surface area contributed by atoms with Crippen molar-refractivity contribution in [2.24, 2.45) is 16.2 Å². The van der Waals surface area contributed by atoms with Gasteiger partial charge < -0.3 is 35.0 Å². The van der Waals surface area contributed by atoms with Crippen LogP contribution in [0.2, 0.25) is 5.02 Å². The van der Waals surface area contributed by atoms with Crippen LogP contribution in [-0.4, -0.2) is 118 Å². The summed E-state index contributed by atoms with van der Waals surface area (Å²) < 4.78 is 12.4. The summed E-state index contributed by atoms with van der Waals surface area (Å²) in [4.78, 5) is 65.9. The number of hydrogen-bond donors (Lipinski definition) is 3. The highest BCUT2D eigenvalue weighted by Gasteiger charge is 2.67. The van der Waals surface area contributed by atoms with Gasteiger partial charge in [-0.1, -0.05) is 96.2 Å². The van der Waals surface area contributed by atoms with Gasteiger partial charge >= 0.3 is 0 Å². The minimum Gasteiger partial charge on any atom is -0.489 e. The van der Waals surface area contributed by atoms with Gasteiger partial charge in [0.1, 0.15) is 36.6 Å². The molecule has 4 amide bonds. The van der Waals surface area contributed by atoms with Crippen LogP contribution in [0.5, 0.6) is 5.75 Å². The van der Waals surface area contributed by atoms with E-state index < -0.39 is 35.4 Å². The molecule has 1 aliphatic carbocycles. The summed E-state index contributed by atoms with van der Waals surface area (Å²) >= 11 is 7.87. The van der Waals surface area contributed by atoms with Crippen molar-refractivity contribution in [2.45, 2.75) is 124 Å². The third-order valence-electron chi connectivity index (χ3n) is 14.5. The van der Waals surface area contributed by atoms with Gasteiger partial charge in [0.25, 0.3) is 5.91 Å². The van der Waals surface area contributed by atoms with Gasteiger partial charge in [-0.3, -0.25) is 24.1 Å². The first-order valence-electron chi connectivity index (χ1n) is 24.3. The first-order chi connectivity index (χ1) is 33.6. The molecule has 3 aromatic carbocycles. The van der Waals surface area contributed by atoms with Gasteiger partial charge in [-0.25, -0.2) is 4.98 Å². The molecule has 0 spiro atoms. The smallest absolute Gasteiger partial charge is 0.254 e. The fraction of sp³-hybridized carbons (Fsp3) is 0.491. The van der Waals surface area contributed by atoms with Gasteiger partial charge in [-0.2, -0.15) is 5.26 Å². The molecule has 16 heteroatoms. The third-order valence-corrected chi connectivity index (χ3v) is 15.8. The number of carbonyl (C=O) groups is 4. The summed E-state index contributed by atoms with van der Waals surface area (Å²) in [6.45, 7) is 20.2. The summed E-state index contributed by atoms with van der Waals surface area (Å²) in [5, 5.41) is 26.2. The van der Waals surface area contributed by atoms with Crippen molar-refractivity contribution in [2.75, 3.05) is 32.8 Å². The number of ether oxygens (including phenoxy) is 2. The van der Waals surface area contributed by atoms with Gasteiger partial charge in [-0.15, -0.1) is 11.3 Å². The minimum absolute atomic E-state index is 0.00445. The topological polar surface area (TPSA) is 177 Å². The Morgan fingerprint density at radius 3 is 2.38 bits per heavy atom. The fourth-order valence-corrected chi connectivity index (χ4v) is 12.3. The van der Waals surface area contributed by atoms with E-state index in [0.29, 0.717) is 48.0 Å². The van der Waals surface area contributed by atoms with Crippen LogP contribution in [0.1, 0.15) is 113 Å². The van der Waals surface area contributed by atoms with E-state index in [1.807, 2.05) is 87.5 Å². The van der Waals surface area contributed by atoms with E-state index in [9.17, 15) is 29.5 Å². The normalized spacial score (nSPS) is 22.3. The Bertz CT molecular complexity index is 2780. The maximum absolute atomic E-state index is 14.1. The van der Waals surface area contributed by atoms with Crippen molar-refractivity contribution >= 4 is 46.6 Å². The van der Waals surface area contributed by atoms with E-state index in [1.165, 1.54) is 4.90 Å². The molecule has 0 radical (unpaired) electrons. The highest BCUT2D eigenvalue weighted by atomic mass is 35.5. The number of likely N-dealkylation sites (tertiary alicyclic amines) is 2. The van der Waals surface area contributed by atoms with Crippen LogP contribution in [0.25, 0.3) is 10.4 Å². The molecule has 4 aliphatic rings. The molecule has 4 heterocycles. The van der Waals surface area contributed by atoms with Crippen LogP contribution in [0.4, 0.5) is 0 Å². The summed E-state index contributed by atoms with van der Waals surface area (Å²) in [5.41, 5.74) is 6.19. The average molecular weight is 1000 g/mol. The SMILES string of the molecule is Cc1ncsc1-c1ccc([C@H](C)NC(=O)[C@@H]2C[C@@H](O)CN2C(=O)C(NC(=O)COC2CN(CCC#Cc3ccc4c(c3)CN(C3C(C)(C)C(Oc5ccc(C#N)c(Cl)c5)C3(C)C)C4=O)C2)C(C)(C)C)cc1. The van der Waals surface area contributed by atoms with Gasteiger partial charge in [0.05, 0.1) is 44.9 Å². The van der Waals surface area contributed by atoms with E-state index in [2.05, 4.69) is 66.1 Å². The monoisotopic (exact) mass is 1000 g/mol. The summed E-state index contributed by atoms with van der Waals surface area (Å²) in [6, 6.07) is 18.6. The van der Waals surface area contributed by atoms with Crippen molar-refractivity contribution < 1.29 is 33.8 Å². The molecule has 2 saturated heterocycles. The highest BCUT2D eigenvalue weighted by Crippen LogP contribution is 2.59. The van der Waals surface area contributed by atoms with E-state index in [4.69, 9.17) is 21.1 Å². The molecule has 14 nitrogen and oxygen atoms in total.